The van der Waals surface area contributed by atoms with Crippen LogP contribution in [0.25, 0.3) is 0 Å². The fraction of sp³-hybridized carbons (Fsp3) is 0.368. The Kier molecular flexibility index (Phi) is 8.21. The first-order chi connectivity index (χ1) is 13.4. The minimum absolute atomic E-state index is 0.147. The van der Waals surface area contributed by atoms with E-state index in [1.54, 1.807) is 31.4 Å². The molecule has 0 unspecified atom stereocenters. The molecule has 0 spiro atoms. The highest BCUT2D eigenvalue weighted by molar-refractivity contribution is 7.90. The van der Waals surface area contributed by atoms with E-state index < -0.39 is 9.84 Å². The number of hydrogen-bond acceptors (Lipinski definition) is 7. The highest BCUT2D eigenvalue weighted by Gasteiger charge is 2.07. The van der Waals surface area contributed by atoms with Gasteiger partial charge in [0, 0.05) is 25.9 Å². The van der Waals surface area contributed by atoms with Gasteiger partial charge in [-0.2, -0.15) is 0 Å². The van der Waals surface area contributed by atoms with Gasteiger partial charge in [-0.3, -0.25) is 4.79 Å². The van der Waals surface area contributed by atoms with E-state index in [1.807, 2.05) is 0 Å². The zero-order valence-corrected chi connectivity index (χ0v) is 16.7. The molecule has 0 saturated carbocycles. The third kappa shape index (κ3) is 7.53. The van der Waals surface area contributed by atoms with Crippen molar-refractivity contribution in [1.82, 2.24) is 4.98 Å². The normalized spacial score (nSPS) is 11.1. The number of benzene rings is 1. The maximum atomic E-state index is 12.0. The molecular weight excluding hydrogens is 384 g/mol. The summed E-state index contributed by atoms with van der Waals surface area (Å²) in [6, 6.07) is 9.57. The van der Waals surface area contributed by atoms with E-state index in [-0.39, 0.29) is 17.2 Å². The van der Waals surface area contributed by atoms with E-state index in [1.165, 1.54) is 18.3 Å². The lowest BCUT2D eigenvalue weighted by Gasteiger charge is -2.08. The lowest BCUT2D eigenvalue weighted by atomic mass is 10.3. The average Bonchev–Trinajstić information content (AvgIpc) is 2.66. The van der Waals surface area contributed by atoms with Gasteiger partial charge in [-0.1, -0.05) is 0 Å². The van der Waals surface area contributed by atoms with Gasteiger partial charge in [-0.05, 0) is 36.8 Å². The standard InChI is InChI=1S/C19H24N2O6S/c1-25-12-13-27-19-10-5-15(14-20-19)21-18(22)4-3-11-26-16-6-8-17(9-7-16)28(2,23)24/h5-10,14H,3-4,11-13H2,1-2H3,(H,21,22). The smallest absolute Gasteiger partial charge is 0.224 e. The molecule has 28 heavy (non-hydrogen) atoms. The van der Waals surface area contributed by atoms with Gasteiger partial charge < -0.3 is 19.5 Å². The average molecular weight is 408 g/mol. The van der Waals surface area contributed by atoms with Crippen molar-refractivity contribution in [2.75, 3.05) is 38.5 Å². The molecule has 0 radical (unpaired) electrons. The summed E-state index contributed by atoms with van der Waals surface area (Å²) in [7, 11) is -1.63. The Bertz CT molecular complexity index is 851. The summed E-state index contributed by atoms with van der Waals surface area (Å²) in [5.41, 5.74) is 0.585. The van der Waals surface area contributed by atoms with Crippen molar-refractivity contribution in [2.45, 2.75) is 17.7 Å². The number of carbonyl (C=O) groups is 1. The molecule has 1 aromatic carbocycles. The van der Waals surface area contributed by atoms with Crippen molar-refractivity contribution >= 4 is 21.4 Å². The quantitative estimate of drug-likeness (QED) is 0.569. The Morgan fingerprint density at radius 1 is 1.04 bits per heavy atom. The zero-order valence-electron chi connectivity index (χ0n) is 15.9. The molecule has 2 aromatic rings. The number of aromatic nitrogens is 1. The van der Waals surface area contributed by atoms with Crippen molar-refractivity contribution in [2.24, 2.45) is 0 Å². The Morgan fingerprint density at radius 3 is 2.39 bits per heavy atom. The Balaban J connectivity index is 1.68. The Hall–Kier alpha value is -2.65. The van der Waals surface area contributed by atoms with Crippen molar-refractivity contribution in [3.8, 4) is 11.6 Å². The fourth-order valence-corrected chi connectivity index (χ4v) is 2.83. The second-order valence-electron chi connectivity index (χ2n) is 5.97. The molecule has 1 heterocycles. The SMILES string of the molecule is COCCOc1ccc(NC(=O)CCCOc2ccc(S(C)(=O)=O)cc2)cn1. The topological polar surface area (TPSA) is 104 Å². The first-order valence-electron chi connectivity index (χ1n) is 8.69. The monoisotopic (exact) mass is 408 g/mol. The summed E-state index contributed by atoms with van der Waals surface area (Å²) in [4.78, 5) is 16.3. The van der Waals surface area contributed by atoms with Crippen LogP contribution in [-0.4, -0.2) is 52.5 Å². The molecule has 2 rings (SSSR count). The minimum atomic E-state index is -3.22. The second kappa shape index (κ2) is 10.6. The van der Waals surface area contributed by atoms with Crippen LogP contribution in [0.15, 0.2) is 47.5 Å². The van der Waals surface area contributed by atoms with Gasteiger partial charge in [0.25, 0.3) is 0 Å². The van der Waals surface area contributed by atoms with Gasteiger partial charge in [0.05, 0.1) is 30.0 Å². The molecule has 152 valence electrons. The first-order valence-corrected chi connectivity index (χ1v) is 10.6. The molecule has 0 aliphatic carbocycles. The van der Waals surface area contributed by atoms with E-state index in [2.05, 4.69) is 10.3 Å². The van der Waals surface area contributed by atoms with Gasteiger partial charge in [0.15, 0.2) is 9.84 Å². The van der Waals surface area contributed by atoms with Gasteiger partial charge in [0.2, 0.25) is 11.8 Å². The highest BCUT2D eigenvalue weighted by Crippen LogP contribution is 2.16. The number of hydrogen-bond donors (Lipinski definition) is 1. The number of rotatable bonds is 11. The molecule has 1 aromatic heterocycles. The fourth-order valence-electron chi connectivity index (χ4n) is 2.20. The van der Waals surface area contributed by atoms with Crippen LogP contribution in [0.3, 0.4) is 0 Å². The maximum absolute atomic E-state index is 12.0. The molecule has 8 nitrogen and oxygen atoms in total. The summed E-state index contributed by atoms with van der Waals surface area (Å²) in [5.74, 6) is 0.872. The van der Waals surface area contributed by atoms with E-state index >= 15 is 0 Å². The number of nitrogens with zero attached hydrogens (tertiary/aromatic N) is 1. The number of methoxy groups -OCH3 is 1. The van der Waals surface area contributed by atoms with Crippen LogP contribution in [-0.2, 0) is 19.4 Å². The Morgan fingerprint density at radius 2 is 1.79 bits per heavy atom. The van der Waals surface area contributed by atoms with E-state index in [0.717, 1.165) is 6.26 Å². The third-order valence-corrected chi connectivity index (χ3v) is 4.75. The molecule has 0 bridgehead atoms. The largest absolute Gasteiger partial charge is 0.494 e. The van der Waals surface area contributed by atoms with Crippen LogP contribution in [0.2, 0.25) is 0 Å². The molecule has 0 fully saturated rings. The first kappa shape index (κ1) is 21.6. The minimum Gasteiger partial charge on any atom is -0.494 e. The molecule has 0 aliphatic heterocycles. The van der Waals surface area contributed by atoms with Crippen molar-refractivity contribution in [1.29, 1.82) is 0 Å². The number of carbonyl (C=O) groups excluding carboxylic acids is 1. The summed E-state index contributed by atoms with van der Waals surface area (Å²) in [6.07, 6.45) is 3.48. The van der Waals surface area contributed by atoms with Crippen LogP contribution in [0.4, 0.5) is 5.69 Å². The van der Waals surface area contributed by atoms with Gasteiger partial charge in [0.1, 0.15) is 12.4 Å². The number of nitrogens with one attached hydrogen (secondary N) is 1. The molecule has 0 saturated heterocycles. The Labute approximate surface area is 164 Å². The predicted molar refractivity (Wildman–Crippen MR) is 105 cm³/mol. The van der Waals surface area contributed by atoms with Crippen LogP contribution in [0.1, 0.15) is 12.8 Å². The number of ether oxygens (including phenoxy) is 3. The molecule has 0 aliphatic rings. The van der Waals surface area contributed by atoms with E-state index in [4.69, 9.17) is 14.2 Å². The van der Waals surface area contributed by atoms with Crippen molar-refractivity contribution in [3.05, 3.63) is 42.6 Å². The van der Waals surface area contributed by atoms with Crippen molar-refractivity contribution in [3.63, 3.8) is 0 Å². The zero-order chi connectivity index (χ0) is 20.4. The molecule has 1 N–H and O–H groups in total. The summed E-state index contributed by atoms with van der Waals surface area (Å²) >= 11 is 0. The number of amides is 1. The van der Waals surface area contributed by atoms with Gasteiger partial charge in [-0.15, -0.1) is 0 Å². The van der Waals surface area contributed by atoms with Crippen LogP contribution in [0, 0.1) is 0 Å². The highest BCUT2D eigenvalue weighted by atomic mass is 32.2. The third-order valence-electron chi connectivity index (χ3n) is 3.63. The summed E-state index contributed by atoms with van der Waals surface area (Å²) in [6.45, 7) is 1.23. The number of sulfone groups is 1. The predicted octanol–water partition coefficient (Wildman–Crippen LogP) is 2.31. The lowest BCUT2D eigenvalue weighted by molar-refractivity contribution is -0.116. The van der Waals surface area contributed by atoms with Crippen molar-refractivity contribution < 1.29 is 27.4 Å². The lowest BCUT2D eigenvalue weighted by Crippen LogP contribution is -2.13. The molecule has 1 amide bonds. The van der Waals surface area contributed by atoms with E-state index in [9.17, 15) is 13.2 Å². The second-order valence-corrected chi connectivity index (χ2v) is 7.99. The van der Waals surface area contributed by atoms with Crippen LogP contribution >= 0.6 is 0 Å². The molecular formula is C19H24N2O6S. The molecule has 0 atom stereocenters. The molecule has 9 heteroatoms. The summed E-state index contributed by atoms with van der Waals surface area (Å²) < 4.78 is 38.6. The maximum Gasteiger partial charge on any atom is 0.224 e. The van der Waals surface area contributed by atoms with Crippen LogP contribution in [0.5, 0.6) is 11.6 Å². The van der Waals surface area contributed by atoms with Gasteiger partial charge >= 0.3 is 0 Å². The van der Waals surface area contributed by atoms with Gasteiger partial charge in [-0.25, -0.2) is 13.4 Å². The number of anilines is 1. The number of pyridine rings is 1. The van der Waals surface area contributed by atoms with E-state index in [0.29, 0.717) is 43.6 Å². The summed E-state index contributed by atoms with van der Waals surface area (Å²) in [5, 5.41) is 2.76. The van der Waals surface area contributed by atoms with Crippen LogP contribution < -0.4 is 14.8 Å².